The summed E-state index contributed by atoms with van der Waals surface area (Å²) in [6.07, 6.45) is 2.80. The van der Waals surface area contributed by atoms with Gasteiger partial charge in [-0.3, -0.25) is 4.79 Å². The van der Waals surface area contributed by atoms with Crippen molar-refractivity contribution in [2.75, 3.05) is 13.1 Å². The highest BCUT2D eigenvalue weighted by Crippen LogP contribution is 2.24. The summed E-state index contributed by atoms with van der Waals surface area (Å²) < 4.78 is 0. The van der Waals surface area contributed by atoms with Crippen molar-refractivity contribution in [2.45, 2.75) is 46.1 Å². The maximum absolute atomic E-state index is 12.0. The lowest BCUT2D eigenvalue weighted by atomic mass is 9.87. The molecule has 0 saturated carbocycles. The molecule has 0 aliphatic carbocycles. The van der Waals surface area contributed by atoms with Gasteiger partial charge in [-0.25, -0.2) is 0 Å². The molecule has 82 valence electrons. The number of hydrogen-bond donors (Lipinski definition) is 1. The van der Waals surface area contributed by atoms with E-state index in [9.17, 15) is 4.79 Å². The summed E-state index contributed by atoms with van der Waals surface area (Å²) in [5, 5.41) is 0. The standard InChI is InChI=1S/C11H22N2O/c1-4-11(2,3)10(14)13-7-5-9(12)6-8-13/h9H,4-8,12H2,1-3H3. The van der Waals surface area contributed by atoms with Crippen molar-refractivity contribution in [3.8, 4) is 0 Å². The van der Waals surface area contributed by atoms with E-state index in [4.69, 9.17) is 5.73 Å². The Hall–Kier alpha value is -0.570. The van der Waals surface area contributed by atoms with Gasteiger partial charge in [-0.2, -0.15) is 0 Å². The van der Waals surface area contributed by atoms with Crippen molar-refractivity contribution in [1.82, 2.24) is 4.90 Å². The van der Waals surface area contributed by atoms with Crippen LogP contribution in [0.3, 0.4) is 0 Å². The molecule has 1 aliphatic heterocycles. The van der Waals surface area contributed by atoms with Gasteiger partial charge in [-0.1, -0.05) is 20.8 Å². The minimum Gasteiger partial charge on any atom is -0.342 e. The van der Waals surface area contributed by atoms with Crippen LogP contribution in [0.1, 0.15) is 40.0 Å². The quantitative estimate of drug-likeness (QED) is 0.728. The largest absolute Gasteiger partial charge is 0.342 e. The number of nitrogens with zero attached hydrogens (tertiary/aromatic N) is 1. The average Bonchev–Trinajstić information content (AvgIpc) is 2.18. The second kappa shape index (κ2) is 4.30. The molecular formula is C11H22N2O. The molecule has 3 nitrogen and oxygen atoms in total. The van der Waals surface area contributed by atoms with Gasteiger partial charge in [0.05, 0.1) is 0 Å². The zero-order chi connectivity index (χ0) is 10.8. The van der Waals surface area contributed by atoms with Crippen LogP contribution in [-0.2, 0) is 4.79 Å². The molecule has 1 aliphatic rings. The van der Waals surface area contributed by atoms with Crippen LogP contribution < -0.4 is 5.73 Å². The SMILES string of the molecule is CCC(C)(C)C(=O)N1CCC(N)CC1. The Labute approximate surface area is 86.6 Å². The molecule has 1 heterocycles. The maximum Gasteiger partial charge on any atom is 0.228 e. The molecule has 0 aromatic carbocycles. The van der Waals surface area contributed by atoms with E-state index >= 15 is 0 Å². The number of carbonyl (C=O) groups is 1. The lowest BCUT2D eigenvalue weighted by molar-refractivity contribution is -0.141. The van der Waals surface area contributed by atoms with Crippen LogP contribution in [0.25, 0.3) is 0 Å². The summed E-state index contributed by atoms with van der Waals surface area (Å²) in [5.41, 5.74) is 5.59. The fourth-order valence-corrected chi connectivity index (χ4v) is 1.68. The maximum atomic E-state index is 12.0. The van der Waals surface area contributed by atoms with Crippen LogP contribution >= 0.6 is 0 Å². The van der Waals surface area contributed by atoms with Gasteiger partial charge in [0, 0.05) is 24.5 Å². The van der Waals surface area contributed by atoms with Gasteiger partial charge in [0.15, 0.2) is 0 Å². The highest BCUT2D eigenvalue weighted by molar-refractivity contribution is 5.81. The molecule has 0 bridgehead atoms. The van der Waals surface area contributed by atoms with Crippen molar-refractivity contribution in [3.05, 3.63) is 0 Å². The lowest BCUT2D eigenvalue weighted by Crippen LogP contribution is -2.47. The van der Waals surface area contributed by atoms with E-state index in [1.54, 1.807) is 0 Å². The number of rotatable bonds is 2. The number of piperidine rings is 1. The van der Waals surface area contributed by atoms with Crippen LogP contribution in [-0.4, -0.2) is 29.9 Å². The molecule has 0 aromatic heterocycles. The summed E-state index contributed by atoms with van der Waals surface area (Å²) in [7, 11) is 0. The average molecular weight is 198 g/mol. The monoisotopic (exact) mass is 198 g/mol. The number of hydrogen-bond acceptors (Lipinski definition) is 2. The lowest BCUT2D eigenvalue weighted by Gasteiger charge is -2.35. The molecule has 0 atom stereocenters. The summed E-state index contributed by atoms with van der Waals surface area (Å²) in [5.74, 6) is 0.284. The van der Waals surface area contributed by atoms with Crippen molar-refractivity contribution in [3.63, 3.8) is 0 Å². The van der Waals surface area contributed by atoms with Crippen molar-refractivity contribution >= 4 is 5.91 Å². The fourth-order valence-electron chi connectivity index (χ4n) is 1.68. The first-order chi connectivity index (χ1) is 6.47. The van der Waals surface area contributed by atoms with Crippen LogP contribution in [0.2, 0.25) is 0 Å². The first kappa shape index (κ1) is 11.5. The van der Waals surface area contributed by atoms with E-state index in [2.05, 4.69) is 6.92 Å². The van der Waals surface area contributed by atoms with Gasteiger partial charge in [0.1, 0.15) is 0 Å². The molecule has 2 N–H and O–H groups in total. The van der Waals surface area contributed by atoms with Crippen molar-refractivity contribution in [2.24, 2.45) is 11.1 Å². The van der Waals surface area contributed by atoms with E-state index in [0.717, 1.165) is 32.4 Å². The van der Waals surface area contributed by atoms with E-state index in [-0.39, 0.29) is 11.3 Å². The Balaban J connectivity index is 2.54. The van der Waals surface area contributed by atoms with Crippen LogP contribution in [0.15, 0.2) is 0 Å². The number of carbonyl (C=O) groups excluding carboxylic acids is 1. The molecule has 3 heteroatoms. The Kier molecular flexibility index (Phi) is 3.53. The van der Waals surface area contributed by atoms with Gasteiger partial charge in [-0.15, -0.1) is 0 Å². The molecule has 1 fully saturated rings. The molecule has 0 aromatic rings. The highest BCUT2D eigenvalue weighted by Gasteiger charge is 2.31. The van der Waals surface area contributed by atoms with Crippen LogP contribution in [0, 0.1) is 5.41 Å². The zero-order valence-electron chi connectivity index (χ0n) is 9.55. The summed E-state index contributed by atoms with van der Waals surface area (Å²) in [4.78, 5) is 14.0. The van der Waals surface area contributed by atoms with E-state index in [1.165, 1.54) is 0 Å². The molecule has 14 heavy (non-hydrogen) atoms. The van der Waals surface area contributed by atoms with Gasteiger partial charge in [0.2, 0.25) is 5.91 Å². The summed E-state index contributed by atoms with van der Waals surface area (Å²) >= 11 is 0. The normalized spacial score (nSPS) is 19.9. The Morgan fingerprint density at radius 3 is 2.36 bits per heavy atom. The summed E-state index contributed by atoms with van der Waals surface area (Å²) in [6.45, 7) is 7.77. The number of nitrogens with two attached hydrogens (primary N) is 1. The highest BCUT2D eigenvalue weighted by atomic mass is 16.2. The first-order valence-corrected chi connectivity index (χ1v) is 5.52. The smallest absolute Gasteiger partial charge is 0.228 e. The third-order valence-corrected chi connectivity index (χ3v) is 3.29. The Morgan fingerprint density at radius 2 is 1.93 bits per heavy atom. The van der Waals surface area contributed by atoms with Gasteiger partial charge >= 0.3 is 0 Å². The number of likely N-dealkylation sites (tertiary alicyclic amines) is 1. The predicted octanol–water partition coefficient (Wildman–Crippen LogP) is 1.37. The Bertz CT molecular complexity index is 205. The second-order valence-corrected chi connectivity index (χ2v) is 4.87. The first-order valence-electron chi connectivity index (χ1n) is 5.52. The van der Waals surface area contributed by atoms with Crippen LogP contribution in [0.5, 0.6) is 0 Å². The third-order valence-electron chi connectivity index (χ3n) is 3.29. The molecule has 1 rings (SSSR count). The van der Waals surface area contributed by atoms with E-state index in [1.807, 2.05) is 18.7 Å². The molecule has 0 spiro atoms. The van der Waals surface area contributed by atoms with Gasteiger partial charge in [0.25, 0.3) is 0 Å². The fraction of sp³-hybridized carbons (Fsp3) is 0.909. The summed E-state index contributed by atoms with van der Waals surface area (Å²) in [6, 6.07) is 0.295. The van der Waals surface area contributed by atoms with Crippen molar-refractivity contribution < 1.29 is 4.79 Å². The molecule has 0 unspecified atom stereocenters. The van der Waals surface area contributed by atoms with Crippen molar-refractivity contribution in [1.29, 1.82) is 0 Å². The topological polar surface area (TPSA) is 46.3 Å². The second-order valence-electron chi connectivity index (χ2n) is 4.87. The molecular weight excluding hydrogens is 176 g/mol. The molecule has 1 amide bonds. The van der Waals surface area contributed by atoms with Gasteiger partial charge < -0.3 is 10.6 Å². The van der Waals surface area contributed by atoms with E-state index in [0.29, 0.717) is 6.04 Å². The number of amides is 1. The van der Waals surface area contributed by atoms with Crippen LogP contribution in [0.4, 0.5) is 0 Å². The molecule has 0 radical (unpaired) electrons. The molecule has 1 saturated heterocycles. The van der Waals surface area contributed by atoms with Gasteiger partial charge in [-0.05, 0) is 19.3 Å². The predicted molar refractivity (Wildman–Crippen MR) is 57.9 cm³/mol. The third kappa shape index (κ3) is 2.47. The zero-order valence-corrected chi connectivity index (χ0v) is 9.55. The Morgan fingerprint density at radius 1 is 1.43 bits per heavy atom. The van der Waals surface area contributed by atoms with E-state index < -0.39 is 0 Å². The minimum absolute atomic E-state index is 0.207. The minimum atomic E-state index is -0.207.